The van der Waals surface area contributed by atoms with Gasteiger partial charge in [-0.2, -0.15) is 0 Å². The summed E-state index contributed by atoms with van der Waals surface area (Å²) in [5, 5.41) is 19.3. The molecule has 0 spiro atoms. The molecule has 2 aromatic rings. The van der Waals surface area contributed by atoms with E-state index in [-0.39, 0.29) is 37.3 Å². The Morgan fingerprint density at radius 2 is 1.97 bits per heavy atom. The maximum Gasteiger partial charge on any atom is 0.246 e. The smallest absolute Gasteiger partial charge is 0.246 e. The summed E-state index contributed by atoms with van der Waals surface area (Å²) in [6.45, 7) is 9.20. The lowest BCUT2D eigenvalue weighted by molar-refractivity contribution is -0.144. The fourth-order valence-corrected chi connectivity index (χ4v) is 5.57. The summed E-state index contributed by atoms with van der Waals surface area (Å²) < 4.78 is 5.38. The van der Waals surface area contributed by atoms with E-state index in [1.165, 1.54) is 4.90 Å². The lowest BCUT2D eigenvalue weighted by Gasteiger charge is -2.36. The number of ether oxygens (including phenoxy) is 1. The minimum Gasteiger partial charge on any atom is -0.391 e. The van der Waals surface area contributed by atoms with Crippen molar-refractivity contribution in [3.05, 3.63) is 41.0 Å². The summed E-state index contributed by atoms with van der Waals surface area (Å²) in [5.41, 5.74) is 4.17. The van der Waals surface area contributed by atoms with Crippen LogP contribution < -0.4 is 16.0 Å². The topological polar surface area (TPSA) is 133 Å². The van der Waals surface area contributed by atoms with E-state index in [1.54, 1.807) is 11.3 Å². The highest BCUT2D eigenvalue weighted by Crippen LogP contribution is 2.28. The molecule has 3 heterocycles. The summed E-state index contributed by atoms with van der Waals surface area (Å²) in [6.07, 6.45) is -0.675. The van der Waals surface area contributed by atoms with Gasteiger partial charge in [-0.25, -0.2) is 4.98 Å². The molecular formula is C27H37N5O5S. The highest BCUT2D eigenvalue weighted by Gasteiger charge is 2.45. The molecule has 4 rings (SSSR count). The second-order valence-electron chi connectivity index (χ2n) is 11.0. The second-order valence-corrected chi connectivity index (χ2v) is 11.8. The monoisotopic (exact) mass is 543 g/mol. The summed E-state index contributed by atoms with van der Waals surface area (Å²) in [4.78, 5) is 46.5. The lowest BCUT2D eigenvalue weighted by Crippen LogP contribution is -2.61. The summed E-state index contributed by atoms with van der Waals surface area (Å²) in [6, 6.07) is 5.66. The number of aromatic nitrogens is 1. The first-order chi connectivity index (χ1) is 18.0. The first-order valence-corrected chi connectivity index (χ1v) is 13.8. The Hall–Kier alpha value is -2.86. The van der Waals surface area contributed by atoms with E-state index < -0.39 is 29.6 Å². The number of benzene rings is 1. The number of aliphatic hydroxyl groups is 1. The fourth-order valence-electron chi connectivity index (χ4n) is 4.76. The van der Waals surface area contributed by atoms with E-state index in [9.17, 15) is 19.5 Å². The number of β-amino-alcohol motifs (C(OH)–C–C–N with tert-alkyl or cyclic N) is 1. The Labute approximate surface area is 227 Å². The molecule has 1 aromatic carbocycles. The number of carbonyl (C=O) groups is 3. The Balaban J connectivity index is 1.41. The number of nitrogens with one attached hydrogen (secondary N) is 3. The maximum atomic E-state index is 13.7. The van der Waals surface area contributed by atoms with Crippen LogP contribution in [0.25, 0.3) is 10.4 Å². The van der Waals surface area contributed by atoms with Crippen LogP contribution in [0.15, 0.2) is 29.8 Å². The number of hydrogen-bond acceptors (Lipinski definition) is 8. The van der Waals surface area contributed by atoms with E-state index in [0.29, 0.717) is 19.7 Å². The first kappa shape index (κ1) is 28.2. The molecule has 2 saturated heterocycles. The molecule has 2 aliphatic heterocycles. The highest BCUT2D eigenvalue weighted by atomic mass is 32.1. The van der Waals surface area contributed by atoms with E-state index >= 15 is 0 Å². The van der Waals surface area contributed by atoms with Crippen LogP contribution in [0.2, 0.25) is 0 Å². The van der Waals surface area contributed by atoms with Crippen LogP contribution in [0, 0.1) is 12.3 Å². The van der Waals surface area contributed by atoms with Gasteiger partial charge in [0.05, 0.1) is 35.4 Å². The number of nitrogens with zero attached hydrogens (tertiary/aromatic N) is 2. The maximum absolute atomic E-state index is 13.7. The third-order valence-corrected chi connectivity index (χ3v) is 7.91. The average Bonchev–Trinajstić information content (AvgIpc) is 3.50. The van der Waals surface area contributed by atoms with Gasteiger partial charge < -0.3 is 30.7 Å². The Bertz CT molecular complexity index is 1140. The average molecular weight is 544 g/mol. The minimum absolute atomic E-state index is 0.0348. The van der Waals surface area contributed by atoms with Crippen molar-refractivity contribution in [2.75, 3.05) is 26.3 Å². The number of rotatable bonds is 7. The van der Waals surface area contributed by atoms with Gasteiger partial charge in [0.25, 0.3) is 0 Å². The fraction of sp³-hybridized carbons (Fsp3) is 0.556. The molecule has 2 aliphatic rings. The molecule has 4 N–H and O–H groups in total. The zero-order chi connectivity index (χ0) is 27.4. The molecule has 2 fully saturated rings. The number of hydrogen-bond donors (Lipinski definition) is 4. The summed E-state index contributed by atoms with van der Waals surface area (Å²) >= 11 is 1.58. The molecule has 4 atom stereocenters. The third-order valence-electron chi connectivity index (χ3n) is 6.93. The molecule has 11 heteroatoms. The predicted octanol–water partition coefficient (Wildman–Crippen LogP) is 1.22. The molecule has 1 aromatic heterocycles. The summed E-state index contributed by atoms with van der Waals surface area (Å²) in [5.74, 6) is -1.04. The number of carbonyl (C=O) groups excluding carboxylic acids is 3. The molecule has 0 saturated carbocycles. The van der Waals surface area contributed by atoms with Gasteiger partial charge in [0.15, 0.2) is 0 Å². The Kier molecular flexibility index (Phi) is 8.81. The normalized spacial score (nSPS) is 22.7. The van der Waals surface area contributed by atoms with Crippen molar-refractivity contribution < 1.29 is 24.2 Å². The number of likely N-dealkylation sites (tertiary alicyclic amines) is 1. The lowest BCUT2D eigenvalue weighted by atomic mass is 9.85. The van der Waals surface area contributed by atoms with Crippen molar-refractivity contribution >= 4 is 29.1 Å². The second kappa shape index (κ2) is 11.9. The van der Waals surface area contributed by atoms with E-state index in [2.05, 4.69) is 20.9 Å². The van der Waals surface area contributed by atoms with Crippen molar-refractivity contribution in [2.24, 2.45) is 5.41 Å². The zero-order valence-corrected chi connectivity index (χ0v) is 23.1. The van der Waals surface area contributed by atoms with Crippen molar-refractivity contribution in [1.82, 2.24) is 25.8 Å². The standard InChI is InChI=1S/C27H37N5O5S/c1-16-22(38-15-30-16)18-7-5-17(6-8-18)12-29-25(35)21-11-19(33)13-32(21)26(36)23(27(2,3)4)31-24(34)20-14-37-10-9-28-20/h5-8,15,19-21,23,28,33H,9-14H2,1-4H3,(H,29,35)(H,31,34)/t19-,20+,21+,23?/m1/s1. The molecule has 10 nitrogen and oxygen atoms in total. The van der Waals surface area contributed by atoms with Crippen molar-refractivity contribution in [3.8, 4) is 10.4 Å². The highest BCUT2D eigenvalue weighted by molar-refractivity contribution is 7.13. The van der Waals surface area contributed by atoms with Gasteiger partial charge in [-0.05, 0) is 23.5 Å². The predicted molar refractivity (Wildman–Crippen MR) is 144 cm³/mol. The van der Waals surface area contributed by atoms with Crippen LogP contribution in [-0.2, 0) is 25.7 Å². The zero-order valence-electron chi connectivity index (χ0n) is 22.3. The molecule has 0 aliphatic carbocycles. The van der Waals surface area contributed by atoms with Crippen LogP contribution >= 0.6 is 11.3 Å². The van der Waals surface area contributed by atoms with Gasteiger partial charge in [0, 0.05) is 26.1 Å². The van der Waals surface area contributed by atoms with Crippen molar-refractivity contribution in [3.63, 3.8) is 0 Å². The van der Waals surface area contributed by atoms with Gasteiger partial charge >= 0.3 is 0 Å². The van der Waals surface area contributed by atoms with Crippen molar-refractivity contribution in [2.45, 2.75) is 64.9 Å². The molecular weight excluding hydrogens is 506 g/mol. The molecule has 0 radical (unpaired) electrons. The SMILES string of the molecule is Cc1ncsc1-c1ccc(CNC(=O)[C@@H]2C[C@@H](O)CN2C(=O)C(NC(=O)[C@@H]2COCCN2)C(C)(C)C)cc1. The molecule has 206 valence electrons. The number of thiazole rings is 1. The van der Waals surface area contributed by atoms with E-state index in [4.69, 9.17) is 4.74 Å². The number of aryl methyl sites for hydroxylation is 1. The molecule has 0 bridgehead atoms. The number of morpholine rings is 1. The largest absolute Gasteiger partial charge is 0.391 e. The van der Waals surface area contributed by atoms with Crippen LogP contribution in [0.4, 0.5) is 0 Å². The van der Waals surface area contributed by atoms with Gasteiger partial charge in [0.2, 0.25) is 17.7 Å². The van der Waals surface area contributed by atoms with Crippen LogP contribution in [-0.4, -0.2) is 83.2 Å². The van der Waals surface area contributed by atoms with Gasteiger partial charge in [-0.15, -0.1) is 11.3 Å². The quantitative estimate of drug-likeness (QED) is 0.413. The van der Waals surface area contributed by atoms with Crippen LogP contribution in [0.5, 0.6) is 0 Å². The van der Waals surface area contributed by atoms with E-state index in [1.807, 2.05) is 57.5 Å². The van der Waals surface area contributed by atoms with Gasteiger partial charge in [-0.3, -0.25) is 14.4 Å². The van der Waals surface area contributed by atoms with Crippen LogP contribution in [0.3, 0.4) is 0 Å². The number of aliphatic hydroxyl groups excluding tert-OH is 1. The minimum atomic E-state index is -0.873. The van der Waals surface area contributed by atoms with E-state index in [0.717, 1.165) is 21.7 Å². The van der Waals surface area contributed by atoms with Gasteiger partial charge in [0.1, 0.15) is 18.1 Å². The molecule has 1 unspecified atom stereocenters. The first-order valence-electron chi connectivity index (χ1n) is 12.9. The molecule has 38 heavy (non-hydrogen) atoms. The third kappa shape index (κ3) is 6.58. The Morgan fingerprint density at radius 3 is 2.58 bits per heavy atom. The summed E-state index contributed by atoms with van der Waals surface area (Å²) in [7, 11) is 0. The van der Waals surface area contributed by atoms with Crippen LogP contribution in [0.1, 0.15) is 38.4 Å². The van der Waals surface area contributed by atoms with Crippen molar-refractivity contribution in [1.29, 1.82) is 0 Å². The molecule has 3 amide bonds. The number of amides is 3. The van der Waals surface area contributed by atoms with Gasteiger partial charge in [-0.1, -0.05) is 45.0 Å². The Morgan fingerprint density at radius 1 is 1.24 bits per heavy atom.